The van der Waals surface area contributed by atoms with Crippen molar-refractivity contribution < 1.29 is 18.7 Å². The minimum Gasteiger partial charge on any atom is -0.497 e. The maximum atomic E-state index is 14.3. The average molecular weight is 369 g/mol. The van der Waals surface area contributed by atoms with Crippen molar-refractivity contribution in [3.63, 3.8) is 0 Å². The van der Waals surface area contributed by atoms with Gasteiger partial charge < -0.3 is 9.47 Å². The van der Waals surface area contributed by atoms with Crippen LogP contribution in [0.15, 0.2) is 48.5 Å². The predicted octanol–water partition coefficient (Wildman–Crippen LogP) is 3.70. The molecule has 2 fully saturated rings. The number of rotatable bonds is 5. The number of carbonyl (C=O) groups is 1. The SMILES string of the molecule is COc1ccc(F)c(C(=O)C2CC3COCC(C2)N3Cc2ccccc2)c1. The van der Waals surface area contributed by atoms with Crippen LogP contribution in [0.4, 0.5) is 4.39 Å². The molecule has 27 heavy (non-hydrogen) atoms. The number of ether oxygens (including phenoxy) is 2. The number of ketones is 1. The van der Waals surface area contributed by atoms with Crippen molar-refractivity contribution in [1.82, 2.24) is 4.90 Å². The van der Waals surface area contributed by atoms with Crippen LogP contribution >= 0.6 is 0 Å². The molecule has 2 bridgehead atoms. The van der Waals surface area contributed by atoms with Gasteiger partial charge in [0.1, 0.15) is 11.6 Å². The number of benzene rings is 2. The highest BCUT2D eigenvalue weighted by atomic mass is 19.1. The molecule has 2 aliphatic rings. The number of carbonyl (C=O) groups excluding carboxylic acids is 1. The molecule has 2 aliphatic heterocycles. The Labute approximate surface area is 158 Å². The first-order valence-electron chi connectivity index (χ1n) is 9.41. The number of Topliss-reactive ketones (excluding diaryl/α,β-unsaturated/α-hetero) is 1. The molecule has 2 heterocycles. The Hall–Kier alpha value is -2.24. The van der Waals surface area contributed by atoms with Crippen molar-refractivity contribution in [2.75, 3.05) is 20.3 Å². The first kappa shape index (κ1) is 18.1. The minimum absolute atomic E-state index is 0.123. The molecule has 2 aromatic rings. The molecule has 2 aromatic carbocycles. The van der Waals surface area contributed by atoms with Crippen molar-refractivity contribution in [3.05, 3.63) is 65.5 Å². The number of hydrogen-bond acceptors (Lipinski definition) is 4. The summed E-state index contributed by atoms with van der Waals surface area (Å²) >= 11 is 0. The van der Waals surface area contributed by atoms with Crippen molar-refractivity contribution in [2.24, 2.45) is 5.92 Å². The Morgan fingerprint density at radius 2 is 1.85 bits per heavy atom. The Bertz CT molecular complexity index is 796. The van der Waals surface area contributed by atoms with Crippen molar-refractivity contribution in [3.8, 4) is 5.75 Å². The van der Waals surface area contributed by atoms with Gasteiger partial charge in [-0.05, 0) is 36.6 Å². The number of fused-ring (bicyclic) bond motifs is 2. The molecule has 2 atom stereocenters. The standard InChI is InChI=1S/C22H24FNO3/c1-26-19-7-8-21(23)20(11-19)22(25)16-9-17-13-27-14-18(10-16)24(17)12-15-5-3-2-4-6-15/h2-8,11,16-18H,9-10,12-14H2,1H3. The molecule has 142 valence electrons. The van der Waals surface area contributed by atoms with E-state index in [1.54, 1.807) is 0 Å². The molecule has 2 unspecified atom stereocenters. The number of piperidine rings is 1. The van der Waals surface area contributed by atoms with Crippen LogP contribution in [0.3, 0.4) is 0 Å². The van der Waals surface area contributed by atoms with Crippen LogP contribution < -0.4 is 4.74 Å². The molecule has 0 N–H and O–H groups in total. The van der Waals surface area contributed by atoms with Crippen molar-refractivity contribution in [1.29, 1.82) is 0 Å². The largest absolute Gasteiger partial charge is 0.497 e. The lowest BCUT2D eigenvalue weighted by Gasteiger charge is -2.48. The first-order chi connectivity index (χ1) is 13.2. The van der Waals surface area contributed by atoms with Crippen LogP contribution in [0, 0.1) is 11.7 Å². The Kier molecular flexibility index (Phi) is 5.23. The highest BCUT2D eigenvalue weighted by Crippen LogP contribution is 2.35. The number of morpholine rings is 1. The number of halogens is 1. The summed E-state index contributed by atoms with van der Waals surface area (Å²) in [6, 6.07) is 15.1. The fourth-order valence-corrected chi connectivity index (χ4v) is 4.30. The Balaban J connectivity index is 1.52. The van der Waals surface area contributed by atoms with E-state index in [4.69, 9.17) is 9.47 Å². The number of nitrogens with zero attached hydrogens (tertiary/aromatic N) is 1. The second-order valence-electron chi connectivity index (χ2n) is 7.38. The highest BCUT2D eigenvalue weighted by Gasteiger charge is 2.41. The van der Waals surface area contributed by atoms with Crippen LogP contribution in [0.5, 0.6) is 5.75 Å². The molecular formula is C22H24FNO3. The zero-order valence-corrected chi connectivity index (χ0v) is 15.4. The Morgan fingerprint density at radius 1 is 1.15 bits per heavy atom. The third-order valence-corrected chi connectivity index (χ3v) is 5.69. The topological polar surface area (TPSA) is 38.8 Å². The van der Waals surface area contributed by atoms with Gasteiger partial charge in [-0.1, -0.05) is 30.3 Å². The third-order valence-electron chi connectivity index (χ3n) is 5.69. The quantitative estimate of drug-likeness (QED) is 0.754. The zero-order chi connectivity index (χ0) is 18.8. The number of methoxy groups -OCH3 is 1. The molecule has 0 radical (unpaired) electrons. The second-order valence-corrected chi connectivity index (χ2v) is 7.38. The molecule has 0 saturated carbocycles. The number of hydrogen-bond donors (Lipinski definition) is 0. The maximum Gasteiger partial charge on any atom is 0.169 e. The highest BCUT2D eigenvalue weighted by molar-refractivity contribution is 5.98. The van der Waals surface area contributed by atoms with Crippen LogP contribution in [-0.2, 0) is 11.3 Å². The summed E-state index contributed by atoms with van der Waals surface area (Å²) in [5.74, 6) is -0.279. The lowest BCUT2D eigenvalue weighted by molar-refractivity contribution is -0.0873. The first-order valence-corrected chi connectivity index (χ1v) is 9.41. The van der Waals surface area contributed by atoms with Crippen LogP contribution in [0.2, 0.25) is 0 Å². The lowest BCUT2D eigenvalue weighted by Crippen LogP contribution is -2.57. The fourth-order valence-electron chi connectivity index (χ4n) is 4.30. The van der Waals surface area contributed by atoms with E-state index in [0.717, 1.165) is 6.54 Å². The van der Waals surface area contributed by atoms with Gasteiger partial charge in [-0.15, -0.1) is 0 Å². The van der Waals surface area contributed by atoms with E-state index in [-0.39, 0.29) is 29.3 Å². The van der Waals surface area contributed by atoms with Gasteiger partial charge in [0.05, 0.1) is 25.9 Å². The summed E-state index contributed by atoms with van der Waals surface area (Å²) in [5.41, 5.74) is 1.40. The molecule has 0 amide bonds. The summed E-state index contributed by atoms with van der Waals surface area (Å²) in [6.07, 6.45) is 1.39. The second kappa shape index (κ2) is 7.79. The summed E-state index contributed by atoms with van der Waals surface area (Å²) in [6.45, 7) is 2.09. The van der Waals surface area contributed by atoms with Gasteiger partial charge in [0.2, 0.25) is 0 Å². The van der Waals surface area contributed by atoms with E-state index in [9.17, 15) is 9.18 Å². The van der Waals surface area contributed by atoms with E-state index in [2.05, 4.69) is 17.0 Å². The van der Waals surface area contributed by atoms with E-state index in [1.165, 1.54) is 30.9 Å². The van der Waals surface area contributed by atoms with Gasteiger partial charge >= 0.3 is 0 Å². The summed E-state index contributed by atoms with van der Waals surface area (Å²) in [5, 5.41) is 0. The lowest BCUT2D eigenvalue weighted by atomic mass is 9.80. The molecule has 0 aromatic heterocycles. The van der Waals surface area contributed by atoms with Gasteiger partial charge in [0, 0.05) is 24.5 Å². The zero-order valence-electron chi connectivity index (χ0n) is 15.4. The minimum atomic E-state index is -0.478. The Morgan fingerprint density at radius 3 is 2.52 bits per heavy atom. The summed E-state index contributed by atoms with van der Waals surface area (Å²) in [4.78, 5) is 15.5. The van der Waals surface area contributed by atoms with E-state index in [1.807, 2.05) is 18.2 Å². The van der Waals surface area contributed by atoms with Crippen LogP contribution in [0.25, 0.3) is 0 Å². The predicted molar refractivity (Wildman–Crippen MR) is 100 cm³/mol. The van der Waals surface area contributed by atoms with E-state index < -0.39 is 5.82 Å². The van der Waals surface area contributed by atoms with Crippen LogP contribution in [0.1, 0.15) is 28.8 Å². The third kappa shape index (κ3) is 3.75. The maximum absolute atomic E-state index is 14.3. The van der Waals surface area contributed by atoms with Gasteiger partial charge in [-0.3, -0.25) is 9.69 Å². The van der Waals surface area contributed by atoms with Gasteiger partial charge in [0.25, 0.3) is 0 Å². The van der Waals surface area contributed by atoms with Gasteiger partial charge in [-0.25, -0.2) is 4.39 Å². The smallest absolute Gasteiger partial charge is 0.169 e. The monoisotopic (exact) mass is 369 g/mol. The molecule has 0 aliphatic carbocycles. The van der Waals surface area contributed by atoms with Crippen LogP contribution in [-0.4, -0.2) is 43.1 Å². The van der Waals surface area contributed by atoms with Crippen molar-refractivity contribution in [2.45, 2.75) is 31.5 Å². The molecule has 2 saturated heterocycles. The summed E-state index contributed by atoms with van der Waals surface area (Å²) in [7, 11) is 1.52. The molecular weight excluding hydrogens is 345 g/mol. The molecule has 4 rings (SSSR count). The van der Waals surface area contributed by atoms with Gasteiger partial charge in [0.15, 0.2) is 5.78 Å². The molecule has 4 nitrogen and oxygen atoms in total. The molecule has 5 heteroatoms. The summed E-state index contributed by atoms with van der Waals surface area (Å²) < 4.78 is 25.2. The fraction of sp³-hybridized carbons (Fsp3) is 0.409. The van der Waals surface area contributed by atoms with Crippen molar-refractivity contribution >= 4 is 5.78 Å². The molecule has 0 spiro atoms. The van der Waals surface area contributed by atoms with E-state index in [0.29, 0.717) is 31.8 Å². The van der Waals surface area contributed by atoms with E-state index >= 15 is 0 Å². The van der Waals surface area contributed by atoms with Gasteiger partial charge in [-0.2, -0.15) is 0 Å². The normalized spacial score (nSPS) is 25.2. The average Bonchev–Trinajstić information content (AvgIpc) is 2.68.